The number of halogens is 1. The summed E-state index contributed by atoms with van der Waals surface area (Å²) < 4.78 is 5.28. The molecule has 1 fully saturated rings. The van der Waals surface area contributed by atoms with Crippen molar-refractivity contribution in [3.63, 3.8) is 0 Å². The van der Waals surface area contributed by atoms with Gasteiger partial charge in [0, 0.05) is 30.2 Å². The molecule has 0 saturated carbocycles. The highest BCUT2D eigenvalue weighted by Crippen LogP contribution is 2.22. The Bertz CT molecular complexity index is 459. The van der Waals surface area contributed by atoms with Gasteiger partial charge in [0.2, 0.25) is 5.91 Å². The number of benzene rings is 1. The monoisotopic (exact) mass is 296 g/mol. The maximum atomic E-state index is 12.0. The minimum Gasteiger partial charge on any atom is -0.496 e. The van der Waals surface area contributed by atoms with Gasteiger partial charge in [-0.2, -0.15) is 0 Å². The average Bonchev–Trinajstić information content (AvgIpc) is 2.48. The van der Waals surface area contributed by atoms with Crippen molar-refractivity contribution < 1.29 is 9.53 Å². The molecule has 1 N–H and O–H groups in total. The van der Waals surface area contributed by atoms with Crippen LogP contribution >= 0.6 is 11.6 Å². The van der Waals surface area contributed by atoms with Crippen LogP contribution in [0.4, 0.5) is 0 Å². The minimum atomic E-state index is 0.172. The van der Waals surface area contributed by atoms with Crippen molar-refractivity contribution in [3.05, 3.63) is 28.8 Å². The molecule has 1 saturated heterocycles. The van der Waals surface area contributed by atoms with Crippen molar-refractivity contribution in [1.29, 1.82) is 0 Å². The molecule has 20 heavy (non-hydrogen) atoms. The molecule has 1 aromatic rings. The van der Waals surface area contributed by atoms with Crippen molar-refractivity contribution in [2.45, 2.75) is 25.8 Å². The second-order valence-electron chi connectivity index (χ2n) is 5.00. The molecule has 2 rings (SSSR count). The largest absolute Gasteiger partial charge is 0.496 e. The summed E-state index contributed by atoms with van der Waals surface area (Å²) >= 11 is 5.98. The molecule has 1 aromatic carbocycles. The molecule has 5 heteroatoms. The third-order valence-corrected chi connectivity index (χ3v) is 3.78. The van der Waals surface area contributed by atoms with Gasteiger partial charge in [-0.05, 0) is 37.5 Å². The van der Waals surface area contributed by atoms with E-state index in [1.54, 1.807) is 13.2 Å². The highest BCUT2D eigenvalue weighted by molar-refractivity contribution is 6.30. The Morgan fingerprint density at radius 1 is 1.35 bits per heavy atom. The van der Waals surface area contributed by atoms with E-state index in [0.717, 1.165) is 37.2 Å². The lowest BCUT2D eigenvalue weighted by atomic mass is 10.1. The smallest absolute Gasteiger partial charge is 0.236 e. The van der Waals surface area contributed by atoms with Crippen molar-refractivity contribution >= 4 is 17.5 Å². The fraction of sp³-hybridized carbons (Fsp3) is 0.533. The van der Waals surface area contributed by atoms with Gasteiger partial charge in [-0.25, -0.2) is 0 Å². The molecule has 0 radical (unpaired) electrons. The number of hydrogen-bond donors (Lipinski definition) is 1. The van der Waals surface area contributed by atoms with Crippen LogP contribution in [-0.2, 0) is 11.3 Å². The molecule has 0 aliphatic carbocycles. The number of piperidine rings is 1. The van der Waals surface area contributed by atoms with Crippen LogP contribution in [0.25, 0.3) is 0 Å². The van der Waals surface area contributed by atoms with Gasteiger partial charge in [0.05, 0.1) is 13.7 Å². The lowest BCUT2D eigenvalue weighted by Gasteiger charge is -2.26. The number of hydrogen-bond acceptors (Lipinski definition) is 3. The van der Waals surface area contributed by atoms with Gasteiger partial charge in [0.25, 0.3) is 0 Å². The Morgan fingerprint density at radius 2 is 2.10 bits per heavy atom. The zero-order valence-corrected chi connectivity index (χ0v) is 12.6. The third-order valence-electron chi connectivity index (χ3n) is 3.54. The molecule has 0 atom stereocenters. The van der Waals surface area contributed by atoms with Gasteiger partial charge in [0.1, 0.15) is 5.75 Å². The molecule has 1 heterocycles. The number of methoxy groups -OCH3 is 1. The van der Waals surface area contributed by atoms with E-state index in [0.29, 0.717) is 18.1 Å². The summed E-state index contributed by atoms with van der Waals surface area (Å²) in [6, 6.07) is 5.49. The predicted octanol–water partition coefficient (Wildman–Crippen LogP) is 2.45. The lowest BCUT2D eigenvalue weighted by molar-refractivity contribution is -0.131. The van der Waals surface area contributed by atoms with Crippen molar-refractivity contribution in [1.82, 2.24) is 10.2 Å². The van der Waals surface area contributed by atoms with Gasteiger partial charge in [-0.1, -0.05) is 11.6 Å². The molecule has 0 aromatic heterocycles. The summed E-state index contributed by atoms with van der Waals surface area (Å²) in [6.45, 7) is 2.71. The minimum absolute atomic E-state index is 0.172. The number of rotatable bonds is 5. The van der Waals surface area contributed by atoms with Crippen LogP contribution in [-0.4, -0.2) is 37.6 Å². The highest BCUT2D eigenvalue weighted by Gasteiger charge is 2.15. The van der Waals surface area contributed by atoms with Crippen LogP contribution in [0.15, 0.2) is 18.2 Å². The first-order valence-corrected chi connectivity index (χ1v) is 7.39. The summed E-state index contributed by atoms with van der Waals surface area (Å²) in [6.07, 6.45) is 3.47. The van der Waals surface area contributed by atoms with Crippen LogP contribution in [0.3, 0.4) is 0 Å². The van der Waals surface area contributed by atoms with E-state index in [1.807, 2.05) is 17.0 Å². The molecule has 0 unspecified atom stereocenters. The van der Waals surface area contributed by atoms with E-state index in [4.69, 9.17) is 16.3 Å². The Labute approximate surface area is 125 Å². The molecule has 1 aliphatic rings. The Kier molecular flexibility index (Phi) is 5.68. The average molecular weight is 297 g/mol. The lowest BCUT2D eigenvalue weighted by Crippen LogP contribution is -2.40. The molecule has 0 bridgehead atoms. The number of carbonyl (C=O) groups is 1. The van der Waals surface area contributed by atoms with Gasteiger partial charge in [-0.3, -0.25) is 4.79 Å². The maximum Gasteiger partial charge on any atom is 0.236 e. The van der Waals surface area contributed by atoms with E-state index in [-0.39, 0.29) is 5.91 Å². The van der Waals surface area contributed by atoms with Crippen LogP contribution in [0, 0.1) is 0 Å². The number of carbonyl (C=O) groups excluding carboxylic acids is 1. The number of nitrogens with one attached hydrogen (secondary N) is 1. The van der Waals surface area contributed by atoms with Crippen molar-refractivity contribution in [2.75, 3.05) is 26.7 Å². The number of likely N-dealkylation sites (tertiary alicyclic amines) is 1. The van der Waals surface area contributed by atoms with Crippen molar-refractivity contribution in [3.8, 4) is 5.75 Å². The summed E-state index contributed by atoms with van der Waals surface area (Å²) in [5.74, 6) is 0.956. The van der Waals surface area contributed by atoms with Gasteiger partial charge >= 0.3 is 0 Å². The molecule has 4 nitrogen and oxygen atoms in total. The second kappa shape index (κ2) is 7.50. The number of amides is 1. The normalized spacial score (nSPS) is 15.2. The Hall–Kier alpha value is -1.26. The molecular formula is C15H21ClN2O2. The summed E-state index contributed by atoms with van der Waals surface area (Å²) in [5, 5.41) is 3.84. The first kappa shape index (κ1) is 15.1. The first-order chi connectivity index (χ1) is 9.70. The van der Waals surface area contributed by atoms with E-state index in [1.165, 1.54) is 6.42 Å². The molecule has 1 amide bonds. The molecular weight excluding hydrogens is 276 g/mol. The maximum absolute atomic E-state index is 12.0. The number of ether oxygens (including phenoxy) is 1. The standard InChI is InChI=1S/C15H21ClN2O2/c1-20-14-6-5-13(16)9-12(14)10-17-11-15(19)18-7-3-2-4-8-18/h5-6,9,17H,2-4,7-8,10-11H2,1H3. The molecule has 110 valence electrons. The predicted molar refractivity (Wildman–Crippen MR) is 80.1 cm³/mol. The topological polar surface area (TPSA) is 41.6 Å². The van der Waals surface area contributed by atoms with Gasteiger partial charge in [-0.15, -0.1) is 0 Å². The number of nitrogens with zero attached hydrogens (tertiary/aromatic N) is 1. The SMILES string of the molecule is COc1ccc(Cl)cc1CNCC(=O)N1CCCCC1. The fourth-order valence-electron chi connectivity index (χ4n) is 2.44. The van der Waals surface area contributed by atoms with E-state index in [9.17, 15) is 4.79 Å². The Balaban J connectivity index is 1.83. The molecule has 1 aliphatic heterocycles. The van der Waals surface area contributed by atoms with Gasteiger partial charge in [0.15, 0.2) is 0 Å². The highest BCUT2D eigenvalue weighted by atomic mass is 35.5. The molecule has 0 spiro atoms. The first-order valence-electron chi connectivity index (χ1n) is 7.01. The van der Waals surface area contributed by atoms with E-state index in [2.05, 4.69) is 5.32 Å². The quantitative estimate of drug-likeness (QED) is 0.907. The van der Waals surface area contributed by atoms with E-state index < -0.39 is 0 Å². The fourth-order valence-corrected chi connectivity index (χ4v) is 2.64. The second-order valence-corrected chi connectivity index (χ2v) is 5.44. The van der Waals surface area contributed by atoms with E-state index >= 15 is 0 Å². The summed E-state index contributed by atoms with van der Waals surface area (Å²) in [4.78, 5) is 14.0. The van der Waals surface area contributed by atoms with Crippen molar-refractivity contribution in [2.24, 2.45) is 0 Å². The van der Waals surface area contributed by atoms with Crippen LogP contribution in [0.5, 0.6) is 5.75 Å². The van der Waals surface area contributed by atoms with Gasteiger partial charge < -0.3 is 15.0 Å². The van der Waals surface area contributed by atoms with Crippen LogP contribution < -0.4 is 10.1 Å². The van der Waals surface area contributed by atoms with Crippen LogP contribution in [0.1, 0.15) is 24.8 Å². The zero-order valence-electron chi connectivity index (χ0n) is 11.8. The Morgan fingerprint density at radius 3 is 2.80 bits per heavy atom. The van der Waals surface area contributed by atoms with Crippen LogP contribution in [0.2, 0.25) is 5.02 Å². The summed E-state index contributed by atoms with van der Waals surface area (Å²) in [5.41, 5.74) is 0.964. The summed E-state index contributed by atoms with van der Waals surface area (Å²) in [7, 11) is 1.63. The third kappa shape index (κ3) is 4.12. The zero-order chi connectivity index (χ0) is 14.4.